The summed E-state index contributed by atoms with van der Waals surface area (Å²) < 4.78 is 0. The lowest BCUT2D eigenvalue weighted by molar-refractivity contribution is -0.113. The molecule has 1 amide bonds. The number of carbonyl (C=O) groups is 1. The van der Waals surface area contributed by atoms with Crippen LogP contribution in [0.3, 0.4) is 0 Å². The fourth-order valence-corrected chi connectivity index (χ4v) is 3.13. The molecule has 1 aromatic carbocycles. The Kier molecular flexibility index (Phi) is 5.73. The van der Waals surface area contributed by atoms with Crippen molar-refractivity contribution < 1.29 is 4.79 Å². The Morgan fingerprint density at radius 2 is 1.91 bits per heavy atom. The minimum Gasteiger partial charge on any atom is -0.309 e. The molecule has 2 rings (SSSR count). The van der Waals surface area contributed by atoms with Crippen molar-refractivity contribution in [2.24, 2.45) is 0 Å². The Morgan fingerprint density at radius 1 is 1.18 bits per heavy atom. The van der Waals surface area contributed by atoms with E-state index in [0.717, 1.165) is 10.5 Å². The van der Waals surface area contributed by atoms with Gasteiger partial charge in [-0.3, -0.25) is 4.79 Å². The van der Waals surface area contributed by atoms with Crippen LogP contribution in [0.5, 0.6) is 0 Å². The minimum atomic E-state index is -0.152. The summed E-state index contributed by atoms with van der Waals surface area (Å²) in [6, 6.07) is 7.74. The van der Waals surface area contributed by atoms with Crippen molar-refractivity contribution in [2.45, 2.75) is 25.7 Å². The van der Waals surface area contributed by atoms with Crippen LogP contribution in [-0.4, -0.2) is 16.6 Å². The van der Waals surface area contributed by atoms with E-state index in [1.165, 1.54) is 17.3 Å². The van der Waals surface area contributed by atoms with Crippen LogP contribution in [0, 0.1) is 20.8 Å². The zero-order chi connectivity index (χ0) is 16.3. The van der Waals surface area contributed by atoms with Gasteiger partial charge in [0.2, 0.25) is 5.91 Å². The smallest absolute Gasteiger partial charge is 0.235 e. The molecule has 0 spiro atoms. The van der Waals surface area contributed by atoms with Gasteiger partial charge in [-0.25, -0.2) is 4.98 Å². The molecule has 0 saturated heterocycles. The van der Waals surface area contributed by atoms with Crippen molar-refractivity contribution in [3.63, 3.8) is 0 Å². The van der Waals surface area contributed by atoms with Gasteiger partial charge in [0.05, 0.1) is 21.5 Å². The summed E-state index contributed by atoms with van der Waals surface area (Å²) >= 11 is 13.5. The summed E-state index contributed by atoms with van der Waals surface area (Å²) in [6.45, 7) is 5.84. The maximum atomic E-state index is 12.0. The van der Waals surface area contributed by atoms with Crippen molar-refractivity contribution in [3.05, 3.63) is 51.1 Å². The monoisotopic (exact) mass is 354 g/mol. The number of anilines is 1. The average Bonchev–Trinajstić information content (AvgIpc) is 2.44. The first-order valence-corrected chi connectivity index (χ1v) is 8.43. The van der Waals surface area contributed by atoms with Crippen LogP contribution in [0.15, 0.2) is 29.2 Å². The second kappa shape index (κ2) is 7.36. The second-order valence-corrected chi connectivity index (χ2v) is 6.82. The van der Waals surface area contributed by atoms with E-state index in [2.05, 4.69) is 16.4 Å². The van der Waals surface area contributed by atoms with E-state index in [4.69, 9.17) is 23.2 Å². The van der Waals surface area contributed by atoms with Gasteiger partial charge in [-0.05, 0) is 38.5 Å². The second-order valence-electron chi connectivity index (χ2n) is 4.99. The highest BCUT2D eigenvalue weighted by Crippen LogP contribution is 2.27. The van der Waals surface area contributed by atoms with E-state index in [9.17, 15) is 4.79 Å². The molecule has 0 atom stereocenters. The number of aryl methyl sites for hydroxylation is 3. The highest BCUT2D eigenvalue weighted by Gasteiger charge is 2.11. The van der Waals surface area contributed by atoms with Crippen molar-refractivity contribution >= 4 is 46.7 Å². The molecule has 6 heteroatoms. The number of nitrogens with one attached hydrogen (secondary N) is 1. The van der Waals surface area contributed by atoms with Crippen molar-refractivity contribution in [1.29, 1.82) is 0 Å². The van der Waals surface area contributed by atoms with Crippen molar-refractivity contribution in [3.8, 4) is 0 Å². The van der Waals surface area contributed by atoms with E-state index in [1.807, 2.05) is 26.0 Å². The SMILES string of the molecule is Cc1ccc(SCC(=O)Nc2nc(C)c(Cl)cc2Cl)c(C)c1. The van der Waals surface area contributed by atoms with Crippen LogP contribution in [0.4, 0.5) is 5.82 Å². The molecule has 0 unspecified atom stereocenters. The largest absolute Gasteiger partial charge is 0.309 e. The number of hydrogen-bond donors (Lipinski definition) is 1. The predicted molar refractivity (Wildman–Crippen MR) is 94.3 cm³/mol. The zero-order valence-electron chi connectivity index (χ0n) is 12.5. The fourth-order valence-electron chi connectivity index (χ4n) is 1.92. The number of aromatic nitrogens is 1. The van der Waals surface area contributed by atoms with Gasteiger partial charge in [0.15, 0.2) is 5.82 Å². The van der Waals surface area contributed by atoms with Gasteiger partial charge in [0, 0.05) is 4.90 Å². The molecule has 2 aromatic rings. The highest BCUT2D eigenvalue weighted by molar-refractivity contribution is 8.00. The molecular formula is C16H16Cl2N2OS. The van der Waals surface area contributed by atoms with Gasteiger partial charge in [0.25, 0.3) is 0 Å². The molecule has 22 heavy (non-hydrogen) atoms. The van der Waals surface area contributed by atoms with Gasteiger partial charge in [-0.15, -0.1) is 11.8 Å². The number of hydrogen-bond acceptors (Lipinski definition) is 3. The topological polar surface area (TPSA) is 42.0 Å². The molecule has 0 bridgehead atoms. The third-order valence-corrected chi connectivity index (χ3v) is 4.90. The lowest BCUT2D eigenvalue weighted by Gasteiger charge is -2.09. The van der Waals surface area contributed by atoms with E-state index < -0.39 is 0 Å². The summed E-state index contributed by atoms with van der Waals surface area (Å²) in [7, 11) is 0. The Hall–Kier alpha value is -1.23. The summed E-state index contributed by atoms with van der Waals surface area (Å²) in [5, 5.41) is 3.53. The Morgan fingerprint density at radius 3 is 2.59 bits per heavy atom. The minimum absolute atomic E-state index is 0.152. The number of rotatable bonds is 4. The number of benzene rings is 1. The molecule has 0 aliphatic carbocycles. The third kappa shape index (κ3) is 4.38. The average molecular weight is 355 g/mol. The Labute approximate surface area is 144 Å². The van der Waals surface area contributed by atoms with Crippen LogP contribution in [0.1, 0.15) is 16.8 Å². The molecule has 0 aliphatic heterocycles. The number of nitrogens with zero attached hydrogens (tertiary/aromatic N) is 1. The molecule has 0 fully saturated rings. The Balaban J connectivity index is 2.00. The lowest BCUT2D eigenvalue weighted by atomic mass is 10.2. The molecule has 0 saturated carbocycles. The molecule has 1 heterocycles. The molecule has 0 radical (unpaired) electrons. The first-order valence-electron chi connectivity index (χ1n) is 6.69. The van der Waals surface area contributed by atoms with Gasteiger partial charge >= 0.3 is 0 Å². The summed E-state index contributed by atoms with van der Waals surface area (Å²) in [4.78, 5) is 17.3. The van der Waals surface area contributed by atoms with Gasteiger partial charge in [0.1, 0.15) is 0 Å². The first kappa shape index (κ1) is 17.1. The summed E-state index contributed by atoms with van der Waals surface area (Å²) in [6.07, 6.45) is 0. The molecular weight excluding hydrogens is 339 g/mol. The summed E-state index contributed by atoms with van der Waals surface area (Å²) in [5.41, 5.74) is 3.00. The van der Waals surface area contributed by atoms with Crippen LogP contribution in [0.25, 0.3) is 0 Å². The maximum Gasteiger partial charge on any atom is 0.235 e. The van der Waals surface area contributed by atoms with Crippen LogP contribution in [-0.2, 0) is 4.79 Å². The van der Waals surface area contributed by atoms with Gasteiger partial charge < -0.3 is 5.32 Å². The number of amides is 1. The molecule has 0 aliphatic rings. The number of pyridine rings is 1. The van der Waals surface area contributed by atoms with Crippen LogP contribution >= 0.6 is 35.0 Å². The van der Waals surface area contributed by atoms with Crippen molar-refractivity contribution in [2.75, 3.05) is 11.1 Å². The first-order chi connectivity index (χ1) is 10.4. The zero-order valence-corrected chi connectivity index (χ0v) is 14.9. The van der Waals surface area contributed by atoms with Crippen molar-refractivity contribution in [1.82, 2.24) is 4.98 Å². The molecule has 1 N–H and O–H groups in total. The highest BCUT2D eigenvalue weighted by atomic mass is 35.5. The predicted octanol–water partition coefficient (Wildman–Crippen LogP) is 5.04. The Bertz CT molecular complexity index is 720. The maximum absolute atomic E-state index is 12.0. The van der Waals surface area contributed by atoms with E-state index >= 15 is 0 Å². The molecule has 3 nitrogen and oxygen atoms in total. The van der Waals surface area contributed by atoms with Gasteiger partial charge in [-0.2, -0.15) is 0 Å². The van der Waals surface area contributed by atoms with Crippen LogP contribution in [0.2, 0.25) is 10.0 Å². The fraction of sp³-hybridized carbons (Fsp3) is 0.250. The van der Waals surface area contributed by atoms with Crippen LogP contribution < -0.4 is 5.32 Å². The summed E-state index contributed by atoms with van der Waals surface area (Å²) in [5.74, 6) is 0.486. The number of thioether (sulfide) groups is 1. The van der Waals surface area contributed by atoms with Gasteiger partial charge in [-0.1, -0.05) is 40.9 Å². The third-order valence-electron chi connectivity index (χ3n) is 3.05. The lowest BCUT2D eigenvalue weighted by Crippen LogP contribution is -2.15. The molecule has 116 valence electrons. The molecule has 1 aromatic heterocycles. The van der Waals surface area contributed by atoms with E-state index in [-0.39, 0.29) is 5.91 Å². The normalized spacial score (nSPS) is 10.6. The quantitative estimate of drug-likeness (QED) is 0.781. The number of carbonyl (C=O) groups excluding carboxylic acids is 1. The number of halogens is 2. The van der Waals surface area contributed by atoms with E-state index in [1.54, 1.807) is 13.0 Å². The standard InChI is InChI=1S/C16H16Cl2N2OS/c1-9-4-5-14(10(2)6-9)22-8-15(21)20-16-13(18)7-12(17)11(3)19-16/h4-7H,8H2,1-3H3,(H,19,20,21). The van der Waals surface area contributed by atoms with E-state index in [0.29, 0.717) is 27.3 Å².